The number of aryl methyl sites for hydroxylation is 1. The van der Waals surface area contributed by atoms with Gasteiger partial charge in [0.25, 0.3) is 0 Å². The van der Waals surface area contributed by atoms with Gasteiger partial charge in [0.2, 0.25) is 5.91 Å². The lowest BCUT2D eigenvalue weighted by Gasteiger charge is -2.18. The molecule has 1 saturated heterocycles. The molecule has 2 aromatic rings. The molecule has 1 unspecified atom stereocenters. The predicted octanol–water partition coefficient (Wildman–Crippen LogP) is 2.89. The summed E-state index contributed by atoms with van der Waals surface area (Å²) in [6.07, 6.45) is 1.34. The van der Waals surface area contributed by atoms with Crippen molar-refractivity contribution in [3.63, 3.8) is 0 Å². The van der Waals surface area contributed by atoms with Gasteiger partial charge >= 0.3 is 12.0 Å². The fourth-order valence-electron chi connectivity index (χ4n) is 3.71. The van der Waals surface area contributed by atoms with E-state index in [0.717, 1.165) is 17.0 Å². The highest BCUT2D eigenvalue weighted by Crippen LogP contribution is 2.39. The molecule has 8 nitrogen and oxygen atoms in total. The normalized spacial score (nSPS) is 17.8. The molecule has 1 aromatic heterocycles. The van der Waals surface area contributed by atoms with Gasteiger partial charge in [-0.2, -0.15) is 0 Å². The molecule has 0 radical (unpaired) electrons. The lowest BCUT2D eigenvalue weighted by Crippen LogP contribution is -2.37. The van der Waals surface area contributed by atoms with Gasteiger partial charge in [0, 0.05) is 29.7 Å². The van der Waals surface area contributed by atoms with Crippen LogP contribution in [-0.4, -0.2) is 54.0 Å². The van der Waals surface area contributed by atoms with Crippen LogP contribution in [0.15, 0.2) is 18.2 Å². The van der Waals surface area contributed by atoms with Gasteiger partial charge in [0.05, 0.1) is 12.3 Å². The van der Waals surface area contributed by atoms with Gasteiger partial charge in [0.1, 0.15) is 12.5 Å². The second-order valence-electron chi connectivity index (χ2n) is 7.17. The third-order valence-electron chi connectivity index (χ3n) is 5.18. The van der Waals surface area contributed by atoms with Crippen molar-refractivity contribution in [2.45, 2.75) is 25.7 Å². The number of fused-ring (bicyclic) bond motifs is 1. The molecule has 0 saturated carbocycles. The predicted molar refractivity (Wildman–Crippen MR) is 109 cm³/mol. The number of urea groups is 1. The van der Waals surface area contributed by atoms with E-state index in [2.05, 4.69) is 10.3 Å². The maximum Gasteiger partial charge on any atom is 0.325 e. The van der Waals surface area contributed by atoms with Crippen LogP contribution in [0.3, 0.4) is 0 Å². The summed E-state index contributed by atoms with van der Waals surface area (Å²) in [4.78, 5) is 45.0. The van der Waals surface area contributed by atoms with Crippen LogP contribution in [0, 0.1) is 11.6 Å². The topological polar surface area (TPSA) is 91.8 Å². The molecule has 1 atom stereocenters. The van der Waals surface area contributed by atoms with E-state index in [-0.39, 0.29) is 31.3 Å². The van der Waals surface area contributed by atoms with E-state index in [1.807, 2.05) is 0 Å². The Morgan fingerprint density at radius 1 is 1.29 bits per heavy atom. The van der Waals surface area contributed by atoms with Crippen LogP contribution >= 0.6 is 11.3 Å². The van der Waals surface area contributed by atoms with Crippen molar-refractivity contribution >= 4 is 40.1 Å². The Balaban J connectivity index is 1.37. The summed E-state index contributed by atoms with van der Waals surface area (Å²) >= 11 is 1.31. The Bertz CT molecular complexity index is 1040. The van der Waals surface area contributed by atoms with Gasteiger partial charge in [-0.1, -0.05) is 0 Å². The van der Waals surface area contributed by atoms with E-state index >= 15 is 0 Å². The molecule has 1 aliphatic heterocycles. The van der Waals surface area contributed by atoms with E-state index in [9.17, 15) is 23.2 Å². The number of thiazole rings is 1. The fraction of sp³-hybridized carbons (Fsp3) is 0.400. The van der Waals surface area contributed by atoms with Crippen molar-refractivity contribution in [2.75, 3.05) is 36.5 Å². The molecule has 4 rings (SSSR count). The van der Waals surface area contributed by atoms with Crippen molar-refractivity contribution < 1.29 is 27.9 Å². The van der Waals surface area contributed by atoms with Crippen molar-refractivity contribution in [3.8, 4) is 0 Å². The molecular weight excluding hydrogens is 430 g/mol. The maximum absolute atomic E-state index is 13.5. The fourth-order valence-corrected chi connectivity index (χ4v) is 4.76. The highest BCUT2D eigenvalue weighted by atomic mass is 32.1. The largest absolute Gasteiger partial charge is 0.465 e. The number of ether oxygens (including phenoxy) is 1. The SMILES string of the molecule is CCOC(=O)C1CCc2sc(NC(=O)CN3CCN(c4ccc(F)c(F)c4)C3=O)nc21. The molecule has 1 N–H and O–H groups in total. The summed E-state index contributed by atoms with van der Waals surface area (Å²) < 4.78 is 31.7. The Hall–Kier alpha value is -3.08. The Labute approximate surface area is 180 Å². The first-order chi connectivity index (χ1) is 14.9. The first kappa shape index (κ1) is 21.2. The molecule has 3 amide bonds. The third kappa shape index (κ3) is 4.22. The zero-order chi connectivity index (χ0) is 22.1. The van der Waals surface area contributed by atoms with Crippen LogP contribution in [0.5, 0.6) is 0 Å². The standard InChI is InChI=1S/C20H20F2N4O4S/c1-2-30-18(28)12-4-6-15-17(12)24-19(31-15)23-16(27)10-25-7-8-26(20(25)29)11-3-5-13(21)14(22)9-11/h3,5,9,12H,2,4,6-8,10H2,1H3,(H,23,24,27). The van der Waals surface area contributed by atoms with Crippen LogP contribution in [-0.2, 0) is 20.7 Å². The number of hydrogen-bond acceptors (Lipinski definition) is 6. The Kier molecular flexibility index (Phi) is 5.86. The number of esters is 1. The minimum atomic E-state index is -1.04. The number of amides is 3. The third-order valence-corrected chi connectivity index (χ3v) is 6.23. The number of nitrogens with zero attached hydrogens (tertiary/aromatic N) is 3. The second kappa shape index (κ2) is 8.58. The summed E-state index contributed by atoms with van der Waals surface area (Å²) in [5.41, 5.74) is 0.869. The zero-order valence-electron chi connectivity index (χ0n) is 16.7. The van der Waals surface area contributed by atoms with Gasteiger partial charge in [-0.15, -0.1) is 11.3 Å². The quantitative estimate of drug-likeness (QED) is 0.684. The van der Waals surface area contributed by atoms with Crippen LogP contribution in [0.2, 0.25) is 0 Å². The second-order valence-corrected chi connectivity index (χ2v) is 8.26. The lowest BCUT2D eigenvalue weighted by atomic mass is 10.1. The molecule has 31 heavy (non-hydrogen) atoms. The molecule has 1 aliphatic carbocycles. The first-order valence-electron chi connectivity index (χ1n) is 9.85. The van der Waals surface area contributed by atoms with E-state index in [1.165, 1.54) is 27.2 Å². The van der Waals surface area contributed by atoms with Crippen LogP contribution in [0.4, 0.5) is 24.4 Å². The number of hydrogen-bond donors (Lipinski definition) is 1. The molecule has 0 bridgehead atoms. The van der Waals surface area contributed by atoms with E-state index < -0.39 is 29.5 Å². The lowest BCUT2D eigenvalue weighted by molar-refractivity contribution is -0.145. The molecule has 2 aliphatic rings. The molecular formula is C20H20F2N4O4S. The maximum atomic E-state index is 13.5. The van der Waals surface area contributed by atoms with Gasteiger partial charge < -0.3 is 15.0 Å². The van der Waals surface area contributed by atoms with Gasteiger partial charge in [-0.3, -0.25) is 14.5 Å². The number of nitrogens with one attached hydrogen (secondary N) is 1. The monoisotopic (exact) mass is 450 g/mol. The average molecular weight is 450 g/mol. The summed E-state index contributed by atoms with van der Waals surface area (Å²) in [6, 6.07) is 2.76. The van der Waals surface area contributed by atoms with Gasteiger partial charge in [0.15, 0.2) is 16.8 Å². The van der Waals surface area contributed by atoms with Crippen molar-refractivity contribution in [1.82, 2.24) is 9.88 Å². The average Bonchev–Trinajstić information content (AvgIpc) is 3.39. The molecule has 2 heterocycles. The highest BCUT2D eigenvalue weighted by Gasteiger charge is 2.35. The Morgan fingerprint density at radius 2 is 2.10 bits per heavy atom. The number of benzene rings is 1. The number of rotatable bonds is 6. The van der Waals surface area contributed by atoms with Crippen LogP contribution in [0.25, 0.3) is 0 Å². The summed E-state index contributed by atoms with van der Waals surface area (Å²) in [7, 11) is 0. The van der Waals surface area contributed by atoms with Crippen molar-refractivity contribution in [1.29, 1.82) is 0 Å². The minimum Gasteiger partial charge on any atom is -0.465 e. The molecule has 0 spiro atoms. The number of carbonyl (C=O) groups excluding carboxylic acids is 3. The number of aromatic nitrogens is 1. The van der Waals surface area contributed by atoms with E-state index in [1.54, 1.807) is 6.92 Å². The summed E-state index contributed by atoms with van der Waals surface area (Å²) in [6.45, 7) is 2.36. The van der Waals surface area contributed by atoms with Crippen molar-refractivity contribution in [3.05, 3.63) is 40.4 Å². The molecule has 164 valence electrons. The van der Waals surface area contributed by atoms with E-state index in [4.69, 9.17) is 4.74 Å². The first-order valence-corrected chi connectivity index (χ1v) is 10.7. The van der Waals surface area contributed by atoms with Gasteiger partial charge in [-0.05, 0) is 31.9 Å². The van der Waals surface area contributed by atoms with Crippen LogP contribution < -0.4 is 10.2 Å². The summed E-state index contributed by atoms with van der Waals surface area (Å²) in [5, 5.41) is 3.04. The minimum absolute atomic E-state index is 0.204. The molecule has 11 heteroatoms. The van der Waals surface area contributed by atoms with Crippen molar-refractivity contribution in [2.24, 2.45) is 0 Å². The van der Waals surface area contributed by atoms with Gasteiger partial charge in [-0.25, -0.2) is 18.6 Å². The number of halogens is 2. The zero-order valence-corrected chi connectivity index (χ0v) is 17.5. The molecule has 1 aromatic carbocycles. The van der Waals surface area contributed by atoms with E-state index in [0.29, 0.717) is 30.3 Å². The number of carbonyl (C=O) groups is 3. The smallest absolute Gasteiger partial charge is 0.325 e. The highest BCUT2D eigenvalue weighted by molar-refractivity contribution is 7.16. The molecule has 1 fully saturated rings. The van der Waals surface area contributed by atoms with Crippen LogP contribution in [0.1, 0.15) is 29.8 Å². The summed E-state index contributed by atoms with van der Waals surface area (Å²) in [5.74, 6) is -3.20. The number of anilines is 2. The Morgan fingerprint density at radius 3 is 2.84 bits per heavy atom.